The fraction of sp³-hybridized carbons (Fsp3) is 0.588. The number of hydrogen-bond acceptors (Lipinski definition) is 3. The molecule has 0 bridgehead atoms. The summed E-state index contributed by atoms with van der Waals surface area (Å²) in [6.45, 7) is 5.46. The van der Waals surface area contributed by atoms with Crippen LogP contribution in [0, 0.1) is 12.8 Å². The third-order valence-corrected chi connectivity index (χ3v) is 3.09. The first-order chi connectivity index (χ1) is 11.4. The third-order valence-electron chi connectivity index (χ3n) is 3.09. The van der Waals surface area contributed by atoms with Crippen molar-refractivity contribution in [3.8, 4) is 5.75 Å². The maximum atomic E-state index is 12.5. The molecular weight excluding hydrogens is 316 g/mol. The van der Waals surface area contributed by atoms with Crippen LogP contribution in [-0.4, -0.2) is 39.4 Å². The summed E-state index contributed by atoms with van der Waals surface area (Å²) in [7, 11) is 1.65. The van der Waals surface area contributed by atoms with Crippen molar-refractivity contribution in [2.45, 2.75) is 33.9 Å². The predicted octanol–water partition coefficient (Wildman–Crippen LogP) is 2.93. The number of nitrogens with one attached hydrogen (secondary N) is 2. The Morgan fingerprint density at radius 3 is 2.62 bits per heavy atom. The summed E-state index contributed by atoms with van der Waals surface area (Å²) in [5.74, 6) is 1.24. The van der Waals surface area contributed by atoms with E-state index in [1.54, 1.807) is 19.2 Å². The maximum absolute atomic E-state index is 12.5. The van der Waals surface area contributed by atoms with Gasteiger partial charge in [-0.05, 0) is 18.9 Å². The van der Waals surface area contributed by atoms with Gasteiger partial charge in [0.2, 0.25) is 0 Å². The van der Waals surface area contributed by atoms with Gasteiger partial charge >= 0.3 is 6.61 Å². The van der Waals surface area contributed by atoms with E-state index < -0.39 is 6.61 Å². The van der Waals surface area contributed by atoms with Crippen LogP contribution < -0.4 is 15.4 Å². The molecule has 0 amide bonds. The summed E-state index contributed by atoms with van der Waals surface area (Å²) in [6, 6.07) is 5.10. The van der Waals surface area contributed by atoms with E-state index in [9.17, 15) is 8.78 Å². The predicted molar refractivity (Wildman–Crippen MR) is 91.7 cm³/mol. The maximum Gasteiger partial charge on any atom is 0.387 e. The number of hydrogen-bond donors (Lipinski definition) is 2. The van der Waals surface area contributed by atoms with Gasteiger partial charge in [-0.2, -0.15) is 8.78 Å². The Morgan fingerprint density at radius 2 is 2.00 bits per heavy atom. The second-order valence-corrected chi connectivity index (χ2v) is 5.81. The van der Waals surface area contributed by atoms with Crippen LogP contribution >= 0.6 is 0 Å². The minimum Gasteiger partial charge on any atom is -0.434 e. The van der Waals surface area contributed by atoms with Crippen molar-refractivity contribution in [2.75, 3.05) is 26.8 Å². The highest BCUT2D eigenvalue weighted by molar-refractivity contribution is 5.79. The second-order valence-electron chi connectivity index (χ2n) is 5.81. The van der Waals surface area contributed by atoms with E-state index in [4.69, 9.17) is 4.74 Å². The van der Waals surface area contributed by atoms with Crippen LogP contribution in [0.3, 0.4) is 0 Å². The van der Waals surface area contributed by atoms with Gasteiger partial charge in [-0.1, -0.05) is 31.5 Å². The Kier molecular flexibility index (Phi) is 9.07. The lowest BCUT2D eigenvalue weighted by molar-refractivity contribution is -0.0504. The van der Waals surface area contributed by atoms with Crippen LogP contribution in [0.2, 0.25) is 0 Å². The average Bonchev–Trinajstić information content (AvgIpc) is 2.51. The minimum atomic E-state index is -2.85. The first kappa shape index (κ1) is 20.2. The van der Waals surface area contributed by atoms with Gasteiger partial charge in [0.1, 0.15) is 5.75 Å². The van der Waals surface area contributed by atoms with Gasteiger partial charge < -0.3 is 20.1 Å². The number of alkyl halides is 2. The quantitative estimate of drug-likeness (QED) is 0.411. The summed E-state index contributed by atoms with van der Waals surface area (Å²) >= 11 is 0. The lowest BCUT2D eigenvalue weighted by Crippen LogP contribution is -2.38. The van der Waals surface area contributed by atoms with Gasteiger partial charge in [-0.15, -0.1) is 0 Å². The van der Waals surface area contributed by atoms with Gasteiger partial charge in [-0.25, -0.2) is 0 Å². The molecule has 0 unspecified atom stereocenters. The molecule has 0 atom stereocenters. The van der Waals surface area contributed by atoms with E-state index >= 15 is 0 Å². The van der Waals surface area contributed by atoms with Gasteiger partial charge in [-0.3, -0.25) is 4.99 Å². The molecule has 24 heavy (non-hydrogen) atoms. The second kappa shape index (κ2) is 10.8. The van der Waals surface area contributed by atoms with Crippen LogP contribution in [0.25, 0.3) is 0 Å². The van der Waals surface area contributed by atoms with Crippen LogP contribution in [0.4, 0.5) is 8.78 Å². The number of rotatable bonds is 9. The van der Waals surface area contributed by atoms with Crippen molar-refractivity contribution in [3.63, 3.8) is 0 Å². The molecule has 0 aliphatic rings. The highest BCUT2D eigenvalue weighted by Gasteiger charge is 2.10. The van der Waals surface area contributed by atoms with E-state index in [-0.39, 0.29) is 5.75 Å². The Labute approximate surface area is 142 Å². The number of guanidine groups is 1. The molecule has 0 aliphatic carbocycles. The van der Waals surface area contributed by atoms with Gasteiger partial charge in [0.25, 0.3) is 0 Å². The van der Waals surface area contributed by atoms with Crippen molar-refractivity contribution in [3.05, 3.63) is 29.3 Å². The van der Waals surface area contributed by atoms with E-state index in [1.807, 2.05) is 13.0 Å². The van der Waals surface area contributed by atoms with Crippen LogP contribution in [-0.2, 0) is 11.3 Å². The molecule has 7 heteroatoms. The third kappa shape index (κ3) is 8.10. The number of halogens is 2. The van der Waals surface area contributed by atoms with E-state index in [1.165, 1.54) is 0 Å². The standard InChI is InChI=1S/C17H27F2N3O2/c1-12(2)11-23-8-7-21-17(20-4)22-10-14-9-13(3)5-6-15(14)24-16(18)19/h5-6,9,12,16H,7-8,10-11H2,1-4H3,(H2,20,21,22). The zero-order chi connectivity index (χ0) is 17.9. The summed E-state index contributed by atoms with van der Waals surface area (Å²) in [5, 5.41) is 6.20. The van der Waals surface area contributed by atoms with Crippen molar-refractivity contribution in [1.29, 1.82) is 0 Å². The fourth-order valence-electron chi connectivity index (χ4n) is 2.02. The van der Waals surface area contributed by atoms with Crippen molar-refractivity contribution in [2.24, 2.45) is 10.9 Å². The smallest absolute Gasteiger partial charge is 0.387 e. The number of aliphatic imine (C=N–C) groups is 1. The molecule has 5 nitrogen and oxygen atoms in total. The average molecular weight is 343 g/mol. The molecule has 0 aliphatic heterocycles. The van der Waals surface area contributed by atoms with E-state index in [2.05, 4.69) is 34.2 Å². The highest BCUT2D eigenvalue weighted by Crippen LogP contribution is 2.21. The van der Waals surface area contributed by atoms with Gasteiger partial charge in [0.15, 0.2) is 5.96 Å². The Balaban J connectivity index is 2.49. The molecule has 0 radical (unpaired) electrons. The van der Waals surface area contributed by atoms with Crippen molar-refractivity contribution >= 4 is 5.96 Å². The summed E-state index contributed by atoms with van der Waals surface area (Å²) in [6.07, 6.45) is 0. The molecule has 1 aromatic carbocycles. The molecule has 0 aromatic heterocycles. The molecule has 2 N–H and O–H groups in total. The van der Waals surface area contributed by atoms with Crippen LogP contribution in [0.5, 0.6) is 5.75 Å². The number of aryl methyl sites for hydroxylation is 1. The van der Waals surface area contributed by atoms with E-state index in [0.717, 1.165) is 5.56 Å². The Bertz CT molecular complexity index is 523. The molecule has 0 heterocycles. The topological polar surface area (TPSA) is 54.9 Å². The number of ether oxygens (including phenoxy) is 2. The van der Waals surface area contributed by atoms with Crippen molar-refractivity contribution < 1.29 is 18.3 Å². The normalized spacial score (nSPS) is 11.9. The molecule has 136 valence electrons. The molecular formula is C17H27F2N3O2. The SMILES string of the molecule is CN=C(NCCOCC(C)C)NCc1cc(C)ccc1OC(F)F. The van der Waals surface area contributed by atoms with E-state index in [0.29, 0.717) is 43.7 Å². The zero-order valence-corrected chi connectivity index (χ0v) is 14.7. The molecule has 1 aromatic rings. The number of nitrogens with zero attached hydrogens (tertiary/aromatic N) is 1. The summed E-state index contributed by atoms with van der Waals surface area (Å²) < 4.78 is 35.0. The molecule has 0 fully saturated rings. The molecule has 0 saturated carbocycles. The number of benzene rings is 1. The lowest BCUT2D eigenvalue weighted by atomic mass is 10.1. The van der Waals surface area contributed by atoms with Crippen LogP contribution in [0.15, 0.2) is 23.2 Å². The Morgan fingerprint density at radius 1 is 1.25 bits per heavy atom. The highest BCUT2D eigenvalue weighted by atomic mass is 19.3. The fourth-order valence-corrected chi connectivity index (χ4v) is 2.02. The van der Waals surface area contributed by atoms with Crippen molar-refractivity contribution in [1.82, 2.24) is 10.6 Å². The molecule has 1 rings (SSSR count). The lowest BCUT2D eigenvalue weighted by Gasteiger charge is -2.15. The molecule has 0 spiro atoms. The Hall–Kier alpha value is -1.89. The molecule has 0 saturated heterocycles. The first-order valence-electron chi connectivity index (χ1n) is 7.99. The summed E-state index contributed by atoms with van der Waals surface area (Å²) in [4.78, 5) is 4.10. The monoisotopic (exact) mass is 343 g/mol. The zero-order valence-electron chi connectivity index (χ0n) is 14.7. The minimum absolute atomic E-state index is 0.166. The van der Waals surface area contributed by atoms with Gasteiger partial charge in [0.05, 0.1) is 6.61 Å². The first-order valence-corrected chi connectivity index (χ1v) is 7.99. The summed E-state index contributed by atoms with van der Waals surface area (Å²) in [5.41, 5.74) is 1.62. The van der Waals surface area contributed by atoms with Gasteiger partial charge in [0, 0.05) is 32.3 Å². The largest absolute Gasteiger partial charge is 0.434 e. The van der Waals surface area contributed by atoms with Crippen LogP contribution in [0.1, 0.15) is 25.0 Å².